The molecule has 0 spiro atoms. The van der Waals surface area contributed by atoms with Gasteiger partial charge in [-0.1, -0.05) is 5.16 Å². The van der Waals surface area contributed by atoms with Crippen LogP contribution < -0.4 is 5.73 Å². The molecule has 2 atom stereocenters. The summed E-state index contributed by atoms with van der Waals surface area (Å²) in [6.07, 6.45) is 2.17. The van der Waals surface area contributed by atoms with Crippen LogP contribution in [0.15, 0.2) is 5.16 Å². The molecule has 0 saturated carbocycles. The largest absolute Gasteiger partial charge is 0.409 e. The molecular formula is C12H23N3O3. The van der Waals surface area contributed by atoms with Crippen molar-refractivity contribution in [3.63, 3.8) is 0 Å². The summed E-state index contributed by atoms with van der Waals surface area (Å²) in [5.74, 6) is 0.146. The highest BCUT2D eigenvalue weighted by atomic mass is 16.5. The Kier molecular flexibility index (Phi) is 4.09. The summed E-state index contributed by atoms with van der Waals surface area (Å²) in [5, 5.41) is 11.7. The Hall–Kier alpha value is -0.850. The topological polar surface area (TPSA) is 80.3 Å². The second kappa shape index (κ2) is 5.42. The Balaban J connectivity index is 1.83. The molecule has 2 rings (SSSR count). The average Bonchev–Trinajstić information content (AvgIpc) is 2.68. The number of nitrogens with zero attached hydrogens (tertiary/aromatic N) is 2. The third-order valence-electron chi connectivity index (χ3n) is 3.61. The van der Waals surface area contributed by atoms with Crippen LogP contribution in [0.2, 0.25) is 0 Å². The maximum Gasteiger partial charge on any atom is 0.169 e. The van der Waals surface area contributed by atoms with Gasteiger partial charge >= 0.3 is 0 Å². The predicted octanol–water partition coefficient (Wildman–Crippen LogP) is 0.391. The average molecular weight is 257 g/mol. The highest BCUT2D eigenvalue weighted by Gasteiger charge is 2.34. The van der Waals surface area contributed by atoms with Gasteiger partial charge in [0.05, 0.1) is 18.3 Å². The summed E-state index contributed by atoms with van der Waals surface area (Å²) >= 11 is 0. The lowest BCUT2D eigenvalue weighted by atomic mass is 10.1. The van der Waals surface area contributed by atoms with E-state index in [1.807, 2.05) is 0 Å². The van der Waals surface area contributed by atoms with E-state index < -0.39 is 0 Å². The molecule has 2 aliphatic heterocycles. The molecule has 2 heterocycles. The van der Waals surface area contributed by atoms with Gasteiger partial charge in [-0.05, 0) is 26.7 Å². The van der Waals surface area contributed by atoms with Gasteiger partial charge in [-0.3, -0.25) is 4.90 Å². The van der Waals surface area contributed by atoms with Crippen LogP contribution in [0.5, 0.6) is 0 Å². The molecule has 6 nitrogen and oxygen atoms in total. The van der Waals surface area contributed by atoms with Crippen molar-refractivity contribution in [1.82, 2.24) is 4.90 Å². The van der Waals surface area contributed by atoms with Crippen LogP contribution in [0.25, 0.3) is 0 Å². The van der Waals surface area contributed by atoms with Crippen molar-refractivity contribution < 1.29 is 14.7 Å². The number of hydrogen-bond acceptors (Lipinski definition) is 5. The van der Waals surface area contributed by atoms with Gasteiger partial charge in [0.1, 0.15) is 6.10 Å². The first-order valence-electron chi connectivity index (χ1n) is 6.49. The number of morpholine rings is 1. The van der Waals surface area contributed by atoms with Crippen LogP contribution in [0, 0.1) is 0 Å². The maximum absolute atomic E-state index is 8.67. The smallest absolute Gasteiger partial charge is 0.169 e. The van der Waals surface area contributed by atoms with Gasteiger partial charge in [0.25, 0.3) is 0 Å². The third-order valence-corrected chi connectivity index (χ3v) is 3.61. The number of oxime groups is 1. The molecule has 0 aromatic heterocycles. The summed E-state index contributed by atoms with van der Waals surface area (Å²) in [7, 11) is 0. The summed E-state index contributed by atoms with van der Waals surface area (Å²) in [6.45, 7) is 7.29. The zero-order chi connectivity index (χ0) is 13.2. The SMILES string of the molecule is CC1(C)CCC(CN2CCOC(C(N)=NO)C2)O1. The van der Waals surface area contributed by atoms with Crippen LogP contribution in [-0.2, 0) is 9.47 Å². The minimum atomic E-state index is -0.307. The molecule has 0 radical (unpaired) electrons. The minimum Gasteiger partial charge on any atom is -0.409 e. The second-order valence-corrected chi connectivity index (χ2v) is 5.68. The predicted molar refractivity (Wildman–Crippen MR) is 67.8 cm³/mol. The lowest BCUT2D eigenvalue weighted by Gasteiger charge is -2.33. The molecule has 0 bridgehead atoms. The van der Waals surface area contributed by atoms with Crippen molar-refractivity contribution in [3.8, 4) is 0 Å². The van der Waals surface area contributed by atoms with Crippen molar-refractivity contribution >= 4 is 5.84 Å². The fraction of sp³-hybridized carbons (Fsp3) is 0.917. The van der Waals surface area contributed by atoms with Crippen molar-refractivity contribution in [3.05, 3.63) is 0 Å². The minimum absolute atomic E-state index is 0.00192. The number of hydrogen-bond donors (Lipinski definition) is 2. The molecule has 3 N–H and O–H groups in total. The van der Waals surface area contributed by atoms with Gasteiger partial charge in [-0.15, -0.1) is 0 Å². The van der Waals surface area contributed by atoms with Gasteiger partial charge in [0, 0.05) is 19.6 Å². The van der Waals surface area contributed by atoms with E-state index in [-0.39, 0.29) is 23.6 Å². The number of ether oxygens (including phenoxy) is 2. The molecule has 0 amide bonds. The van der Waals surface area contributed by atoms with E-state index in [1.54, 1.807) is 0 Å². The van der Waals surface area contributed by atoms with Gasteiger partial charge in [-0.25, -0.2) is 0 Å². The lowest BCUT2D eigenvalue weighted by Crippen LogP contribution is -2.50. The first-order valence-corrected chi connectivity index (χ1v) is 6.49. The molecule has 0 aromatic carbocycles. The molecule has 0 aromatic rings. The normalized spacial score (nSPS) is 33.8. The van der Waals surface area contributed by atoms with E-state index in [1.165, 1.54) is 0 Å². The van der Waals surface area contributed by atoms with Crippen molar-refractivity contribution in [1.29, 1.82) is 0 Å². The van der Waals surface area contributed by atoms with E-state index in [2.05, 4.69) is 23.9 Å². The quantitative estimate of drug-likeness (QED) is 0.331. The number of nitrogens with two attached hydrogens (primary N) is 1. The van der Waals surface area contributed by atoms with Crippen LogP contribution in [0.4, 0.5) is 0 Å². The van der Waals surface area contributed by atoms with Crippen LogP contribution >= 0.6 is 0 Å². The van der Waals surface area contributed by atoms with Crippen molar-refractivity contribution in [2.45, 2.75) is 44.5 Å². The summed E-state index contributed by atoms with van der Waals surface area (Å²) in [6, 6.07) is 0. The van der Waals surface area contributed by atoms with Gasteiger partial charge in [0.2, 0.25) is 0 Å². The third kappa shape index (κ3) is 3.34. The second-order valence-electron chi connectivity index (χ2n) is 5.68. The van der Waals surface area contributed by atoms with Gasteiger partial charge in [0.15, 0.2) is 5.84 Å². The molecule has 0 aliphatic carbocycles. The zero-order valence-corrected chi connectivity index (χ0v) is 11.1. The molecule has 104 valence electrons. The maximum atomic E-state index is 8.67. The summed E-state index contributed by atoms with van der Waals surface area (Å²) in [4.78, 5) is 2.26. The van der Waals surface area contributed by atoms with Crippen molar-refractivity contribution in [2.75, 3.05) is 26.2 Å². The first kappa shape index (κ1) is 13.6. The van der Waals surface area contributed by atoms with Crippen LogP contribution in [0.3, 0.4) is 0 Å². The molecule has 2 fully saturated rings. The summed E-state index contributed by atoms with van der Waals surface area (Å²) in [5.41, 5.74) is 5.58. The van der Waals surface area contributed by atoms with Gasteiger partial charge in [-0.2, -0.15) is 0 Å². The fourth-order valence-corrected chi connectivity index (χ4v) is 2.61. The molecule has 2 aliphatic rings. The van der Waals surface area contributed by atoms with Crippen LogP contribution in [0.1, 0.15) is 26.7 Å². The number of amidine groups is 1. The van der Waals surface area contributed by atoms with E-state index in [4.69, 9.17) is 20.4 Å². The van der Waals surface area contributed by atoms with E-state index in [0.29, 0.717) is 13.2 Å². The Labute approximate surface area is 108 Å². The van der Waals surface area contributed by atoms with E-state index in [9.17, 15) is 0 Å². The standard InChI is InChI=1S/C12H23N3O3/c1-12(2)4-3-9(18-12)7-15-5-6-17-10(8-15)11(13)14-16/h9-10,16H,3-8H2,1-2H3,(H2,13,14). The van der Waals surface area contributed by atoms with Crippen LogP contribution in [-0.4, -0.2) is 60.0 Å². The molecule has 18 heavy (non-hydrogen) atoms. The molecule has 2 saturated heterocycles. The summed E-state index contributed by atoms with van der Waals surface area (Å²) < 4.78 is 11.4. The Morgan fingerprint density at radius 3 is 2.94 bits per heavy atom. The van der Waals surface area contributed by atoms with Crippen molar-refractivity contribution in [2.24, 2.45) is 10.9 Å². The number of rotatable bonds is 3. The monoisotopic (exact) mass is 257 g/mol. The highest BCUT2D eigenvalue weighted by Crippen LogP contribution is 2.29. The molecule has 6 heteroatoms. The molecule has 2 unspecified atom stereocenters. The Morgan fingerprint density at radius 2 is 2.33 bits per heavy atom. The van der Waals surface area contributed by atoms with E-state index in [0.717, 1.165) is 25.9 Å². The Morgan fingerprint density at radius 1 is 1.56 bits per heavy atom. The first-order chi connectivity index (χ1) is 8.50. The van der Waals surface area contributed by atoms with Gasteiger partial charge < -0.3 is 20.4 Å². The lowest BCUT2D eigenvalue weighted by molar-refractivity contribution is -0.0513. The molecular weight excluding hydrogens is 234 g/mol. The zero-order valence-electron chi connectivity index (χ0n) is 11.1. The highest BCUT2D eigenvalue weighted by molar-refractivity contribution is 5.84. The fourth-order valence-electron chi connectivity index (χ4n) is 2.61. The Bertz CT molecular complexity index is 320. The van der Waals surface area contributed by atoms with E-state index >= 15 is 0 Å².